The van der Waals surface area contributed by atoms with E-state index in [1.807, 2.05) is 56.3 Å². The van der Waals surface area contributed by atoms with Gasteiger partial charge in [-0.1, -0.05) is 12.1 Å². The summed E-state index contributed by atoms with van der Waals surface area (Å²) in [6, 6.07) is 10.8. The molecule has 0 saturated heterocycles. The van der Waals surface area contributed by atoms with Gasteiger partial charge < -0.3 is 14.4 Å². The summed E-state index contributed by atoms with van der Waals surface area (Å²) in [6.45, 7) is 1.94. The highest BCUT2D eigenvalue weighted by molar-refractivity contribution is 6.03. The Labute approximate surface area is 163 Å². The van der Waals surface area contributed by atoms with Crippen LogP contribution in [0.5, 0.6) is 11.6 Å². The Bertz CT molecular complexity index is 1030. The Morgan fingerprint density at radius 1 is 1.14 bits per heavy atom. The van der Waals surface area contributed by atoms with Gasteiger partial charge in [0.2, 0.25) is 5.88 Å². The topological polar surface area (TPSA) is 77.7 Å². The monoisotopic (exact) mass is 381 g/mol. The molecule has 0 saturated carbocycles. The first-order valence-corrected chi connectivity index (χ1v) is 8.83. The highest BCUT2D eigenvalue weighted by atomic mass is 16.6. The largest absolute Gasteiger partial charge is 0.496 e. The summed E-state index contributed by atoms with van der Waals surface area (Å²) < 4.78 is 10.9. The first kappa shape index (κ1) is 19.6. The Balaban J connectivity index is 2.28. The third kappa shape index (κ3) is 3.36. The van der Waals surface area contributed by atoms with Crippen molar-refractivity contribution in [3.05, 3.63) is 58.3 Å². The van der Waals surface area contributed by atoms with Crippen molar-refractivity contribution in [1.29, 1.82) is 0 Å². The van der Waals surface area contributed by atoms with E-state index < -0.39 is 0 Å². The van der Waals surface area contributed by atoms with E-state index in [0.717, 1.165) is 16.3 Å². The molecule has 0 fully saturated rings. The molecule has 2 aromatic carbocycles. The molecular weight excluding hydrogens is 358 g/mol. The van der Waals surface area contributed by atoms with Gasteiger partial charge in [-0.05, 0) is 44.8 Å². The lowest BCUT2D eigenvalue weighted by Gasteiger charge is -2.20. The zero-order valence-corrected chi connectivity index (χ0v) is 16.6. The molecule has 0 aliphatic rings. The van der Waals surface area contributed by atoms with Crippen molar-refractivity contribution in [3.8, 4) is 22.8 Å². The van der Waals surface area contributed by atoms with Crippen LogP contribution in [0.1, 0.15) is 18.5 Å². The average Bonchev–Trinajstić information content (AvgIpc) is 2.71. The van der Waals surface area contributed by atoms with Crippen LogP contribution >= 0.6 is 0 Å². The first-order valence-electron chi connectivity index (χ1n) is 8.83. The maximum absolute atomic E-state index is 11.7. The number of methoxy groups -OCH3 is 2. The number of aromatic nitrogens is 1. The number of hydrogen-bond donors (Lipinski definition) is 0. The third-order valence-electron chi connectivity index (χ3n) is 5.01. The minimum atomic E-state index is -0.338. The maximum Gasteiger partial charge on any atom is 0.274 e. The van der Waals surface area contributed by atoms with Crippen LogP contribution in [0.3, 0.4) is 0 Å². The molecule has 0 aliphatic carbocycles. The van der Waals surface area contributed by atoms with Crippen LogP contribution in [0.4, 0.5) is 5.69 Å². The van der Waals surface area contributed by atoms with E-state index in [1.54, 1.807) is 26.5 Å². The van der Waals surface area contributed by atoms with E-state index in [1.165, 1.54) is 0 Å². The molecule has 0 amide bonds. The van der Waals surface area contributed by atoms with Crippen LogP contribution in [-0.4, -0.2) is 43.1 Å². The van der Waals surface area contributed by atoms with Crippen LogP contribution < -0.4 is 9.47 Å². The van der Waals surface area contributed by atoms with Gasteiger partial charge in [-0.25, -0.2) is 4.98 Å². The van der Waals surface area contributed by atoms with Crippen LogP contribution in [0.2, 0.25) is 0 Å². The molecule has 3 rings (SSSR count). The van der Waals surface area contributed by atoms with E-state index in [9.17, 15) is 10.1 Å². The summed E-state index contributed by atoms with van der Waals surface area (Å²) >= 11 is 0. The van der Waals surface area contributed by atoms with Crippen molar-refractivity contribution in [1.82, 2.24) is 9.88 Å². The predicted molar refractivity (Wildman–Crippen MR) is 109 cm³/mol. The lowest BCUT2D eigenvalue weighted by molar-refractivity contribution is -0.385. The molecule has 0 bridgehead atoms. The SMILES string of the molecule is COc1ncc(-c2ccc(C(C)N(C)C)c([N+](=O)[O-])c2)c2c(OC)cccc12. The molecule has 1 aromatic heterocycles. The van der Waals surface area contributed by atoms with Gasteiger partial charge in [-0.3, -0.25) is 10.1 Å². The first-order chi connectivity index (χ1) is 13.4. The van der Waals surface area contributed by atoms with Crippen molar-refractivity contribution >= 4 is 16.5 Å². The molecule has 3 aromatic rings. The highest BCUT2D eigenvalue weighted by Crippen LogP contribution is 2.40. The second-order valence-corrected chi connectivity index (χ2v) is 6.73. The molecule has 7 heteroatoms. The molecule has 28 heavy (non-hydrogen) atoms. The molecule has 7 nitrogen and oxygen atoms in total. The molecule has 1 unspecified atom stereocenters. The number of nitro groups is 1. The molecule has 0 spiro atoms. The summed E-state index contributed by atoms with van der Waals surface area (Å²) in [7, 11) is 6.95. The predicted octanol–water partition coefficient (Wildman–Crippen LogP) is 4.45. The van der Waals surface area contributed by atoms with Gasteiger partial charge in [0.15, 0.2) is 0 Å². The minimum absolute atomic E-state index is 0.0811. The molecular formula is C21H23N3O4. The normalized spacial score (nSPS) is 12.2. The van der Waals surface area contributed by atoms with Crippen molar-refractivity contribution in [2.45, 2.75) is 13.0 Å². The van der Waals surface area contributed by atoms with Crippen molar-refractivity contribution < 1.29 is 14.4 Å². The van der Waals surface area contributed by atoms with Crippen LogP contribution in [0.25, 0.3) is 21.9 Å². The van der Waals surface area contributed by atoms with Gasteiger partial charge >= 0.3 is 0 Å². The van der Waals surface area contributed by atoms with Gasteiger partial charge in [0, 0.05) is 40.2 Å². The van der Waals surface area contributed by atoms with Crippen molar-refractivity contribution in [3.63, 3.8) is 0 Å². The summed E-state index contributed by atoms with van der Waals surface area (Å²) in [5.74, 6) is 1.13. The smallest absolute Gasteiger partial charge is 0.274 e. The fourth-order valence-electron chi connectivity index (χ4n) is 3.30. The number of nitro benzene ring substituents is 1. The number of pyridine rings is 1. The molecule has 0 N–H and O–H groups in total. The number of hydrogen-bond acceptors (Lipinski definition) is 6. The highest BCUT2D eigenvalue weighted by Gasteiger charge is 2.23. The molecule has 1 heterocycles. The van der Waals surface area contributed by atoms with Crippen LogP contribution in [0.15, 0.2) is 42.6 Å². The Hall–Kier alpha value is -3.19. The molecule has 0 radical (unpaired) electrons. The molecule has 146 valence electrons. The molecule has 0 aliphatic heterocycles. The summed E-state index contributed by atoms with van der Waals surface area (Å²) in [5.41, 5.74) is 2.19. The maximum atomic E-state index is 11.7. The van der Waals surface area contributed by atoms with E-state index in [-0.39, 0.29) is 16.7 Å². The van der Waals surface area contributed by atoms with E-state index in [4.69, 9.17) is 9.47 Å². The Morgan fingerprint density at radius 3 is 2.50 bits per heavy atom. The van der Waals surface area contributed by atoms with E-state index >= 15 is 0 Å². The van der Waals surface area contributed by atoms with E-state index in [2.05, 4.69) is 4.98 Å². The number of rotatable bonds is 6. The second kappa shape index (κ2) is 7.82. The number of fused-ring (bicyclic) bond motifs is 1. The van der Waals surface area contributed by atoms with Gasteiger partial charge in [0.1, 0.15) is 5.75 Å². The molecule has 1 atom stereocenters. The Morgan fingerprint density at radius 2 is 1.89 bits per heavy atom. The van der Waals surface area contributed by atoms with Gasteiger partial charge in [0.25, 0.3) is 5.69 Å². The van der Waals surface area contributed by atoms with Gasteiger partial charge in [0.05, 0.1) is 19.1 Å². The number of ether oxygens (including phenoxy) is 2. The summed E-state index contributed by atoms with van der Waals surface area (Å²) in [5, 5.41) is 13.3. The third-order valence-corrected chi connectivity index (χ3v) is 5.01. The lowest BCUT2D eigenvalue weighted by atomic mass is 9.96. The number of nitrogens with zero attached hydrogens (tertiary/aromatic N) is 3. The minimum Gasteiger partial charge on any atom is -0.496 e. The zero-order valence-electron chi connectivity index (χ0n) is 16.6. The zero-order chi connectivity index (χ0) is 20.4. The fourth-order valence-corrected chi connectivity index (χ4v) is 3.30. The number of benzene rings is 2. The summed E-state index contributed by atoms with van der Waals surface area (Å²) in [4.78, 5) is 17.7. The van der Waals surface area contributed by atoms with Crippen LogP contribution in [0, 0.1) is 10.1 Å². The van der Waals surface area contributed by atoms with E-state index in [0.29, 0.717) is 22.8 Å². The summed E-state index contributed by atoms with van der Waals surface area (Å²) in [6.07, 6.45) is 1.66. The second-order valence-electron chi connectivity index (χ2n) is 6.73. The van der Waals surface area contributed by atoms with Crippen molar-refractivity contribution in [2.24, 2.45) is 0 Å². The van der Waals surface area contributed by atoms with Gasteiger partial charge in [-0.2, -0.15) is 0 Å². The van der Waals surface area contributed by atoms with Gasteiger partial charge in [-0.15, -0.1) is 0 Å². The fraction of sp³-hybridized carbons (Fsp3) is 0.286. The van der Waals surface area contributed by atoms with Crippen LogP contribution in [-0.2, 0) is 0 Å². The average molecular weight is 381 g/mol. The Kier molecular flexibility index (Phi) is 5.46. The quantitative estimate of drug-likeness (QED) is 0.464. The standard InChI is InChI=1S/C21H23N3O4/c1-13(23(2)3)15-10-9-14(11-18(15)24(25)26)17-12-22-21(28-5)16-7-6-8-19(27-4)20(16)17/h6-13H,1-5H3. The lowest BCUT2D eigenvalue weighted by Crippen LogP contribution is -2.17. The van der Waals surface area contributed by atoms with Crippen molar-refractivity contribution in [2.75, 3.05) is 28.3 Å².